The Balaban J connectivity index is 1.32. The van der Waals surface area contributed by atoms with Crippen molar-refractivity contribution >= 4 is 5.90 Å². The van der Waals surface area contributed by atoms with Gasteiger partial charge in [-0.1, -0.05) is 12.1 Å². The second-order valence-electron chi connectivity index (χ2n) is 8.53. The smallest absolute Gasteiger partial charge is 0.232 e. The molecule has 0 spiro atoms. The standard InChI is InChI=1S/C18H32N4O2/c1-18(4-6-19-7-5-18)17-20-23-13-16(24-17)12-22-10-14-3-8-21(2)9-15(14)11-22/h14-16,19H,3-13H2,1-2H3. The number of hydrogen-bond acceptors (Lipinski definition) is 6. The fourth-order valence-corrected chi connectivity index (χ4v) is 4.81. The van der Waals surface area contributed by atoms with Crippen LogP contribution < -0.4 is 5.32 Å². The first kappa shape index (κ1) is 16.6. The van der Waals surface area contributed by atoms with Crippen LogP contribution in [0.5, 0.6) is 0 Å². The summed E-state index contributed by atoms with van der Waals surface area (Å²) in [4.78, 5) is 10.6. The number of hydrogen-bond donors (Lipinski definition) is 1. The van der Waals surface area contributed by atoms with Crippen molar-refractivity contribution in [3.05, 3.63) is 0 Å². The molecule has 0 amide bonds. The van der Waals surface area contributed by atoms with E-state index in [4.69, 9.17) is 9.57 Å². The lowest BCUT2D eigenvalue weighted by Gasteiger charge is -2.37. The zero-order chi connectivity index (χ0) is 16.6. The zero-order valence-corrected chi connectivity index (χ0v) is 15.2. The number of fused-ring (bicyclic) bond motifs is 1. The highest BCUT2D eigenvalue weighted by Gasteiger charge is 2.40. The molecular weight excluding hydrogens is 304 g/mol. The van der Waals surface area contributed by atoms with Crippen LogP contribution in [0.25, 0.3) is 0 Å². The Morgan fingerprint density at radius 2 is 2.00 bits per heavy atom. The van der Waals surface area contributed by atoms with Crippen LogP contribution in [0.1, 0.15) is 26.2 Å². The highest BCUT2D eigenvalue weighted by atomic mass is 16.7. The Morgan fingerprint density at radius 1 is 1.21 bits per heavy atom. The second kappa shape index (κ2) is 6.81. The Bertz CT molecular complexity index is 478. The first-order valence-electron chi connectivity index (χ1n) is 9.61. The van der Waals surface area contributed by atoms with E-state index in [0.29, 0.717) is 6.61 Å². The second-order valence-corrected chi connectivity index (χ2v) is 8.53. The molecule has 3 unspecified atom stereocenters. The van der Waals surface area contributed by atoms with E-state index in [1.807, 2.05) is 0 Å². The molecule has 3 fully saturated rings. The highest BCUT2D eigenvalue weighted by molar-refractivity contribution is 5.82. The molecule has 136 valence electrons. The average Bonchev–Trinajstić information content (AvgIpc) is 2.97. The van der Waals surface area contributed by atoms with E-state index in [0.717, 1.165) is 50.2 Å². The summed E-state index contributed by atoms with van der Waals surface area (Å²) in [7, 11) is 2.25. The lowest BCUT2D eigenvalue weighted by atomic mass is 9.80. The molecule has 0 aromatic rings. The van der Waals surface area contributed by atoms with Gasteiger partial charge in [-0.3, -0.25) is 4.90 Å². The number of rotatable bonds is 3. The van der Waals surface area contributed by atoms with Gasteiger partial charge in [0.2, 0.25) is 5.90 Å². The van der Waals surface area contributed by atoms with Gasteiger partial charge in [-0.05, 0) is 57.8 Å². The third-order valence-corrected chi connectivity index (χ3v) is 6.45. The Hall–Kier alpha value is -0.850. The lowest BCUT2D eigenvalue weighted by Crippen LogP contribution is -2.46. The molecule has 0 radical (unpaired) electrons. The summed E-state index contributed by atoms with van der Waals surface area (Å²) >= 11 is 0. The minimum atomic E-state index is 0.0334. The van der Waals surface area contributed by atoms with Crippen LogP contribution in [-0.4, -0.2) is 81.3 Å². The van der Waals surface area contributed by atoms with E-state index in [1.54, 1.807) is 0 Å². The monoisotopic (exact) mass is 336 g/mol. The number of ether oxygens (including phenoxy) is 1. The van der Waals surface area contributed by atoms with Gasteiger partial charge in [-0.2, -0.15) is 0 Å². The summed E-state index contributed by atoms with van der Waals surface area (Å²) in [6.07, 6.45) is 3.61. The number of nitrogens with zero attached hydrogens (tertiary/aromatic N) is 3. The molecule has 0 aromatic carbocycles. The normalized spacial score (nSPS) is 37.2. The molecule has 6 heteroatoms. The van der Waals surface area contributed by atoms with Crippen molar-refractivity contribution in [1.82, 2.24) is 15.1 Å². The molecule has 0 aliphatic carbocycles. The molecule has 0 aromatic heterocycles. The first-order valence-corrected chi connectivity index (χ1v) is 9.61. The van der Waals surface area contributed by atoms with E-state index in [-0.39, 0.29) is 11.5 Å². The van der Waals surface area contributed by atoms with Crippen molar-refractivity contribution in [3.8, 4) is 0 Å². The summed E-state index contributed by atoms with van der Waals surface area (Å²) in [6.45, 7) is 10.8. The molecule has 0 bridgehead atoms. The van der Waals surface area contributed by atoms with Crippen molar-refractivity contribution in [2.45, 2.75) is 32.3 Å². The van der Waals surface area contributed by atoms with Crippen LogP contribution >= 0.6 is 0 Å². The van der Waals surface area contributed by atoms with Crippen LogP contribution in [0.3, 0.4) is 0 Å². The molecule has 4 aliphatic rings. The lowest BCUT2D eigenvalue weighted by molar-refractivity contribution is -0.0187. The van der Waals surface area contributed by atoms with Crippen LogP contribution in [-0.2, 0) is 9.57 Å². The predicted octanol–water partition coefficient (Wildman–Crippen LogP) is 0.989. The Labute approximate surface area is 145 Å². The predicted molar refractivity (Wildman–Crippen MR) is 94.0 cm³/mol. The number of piperidine rings is 2. The van der Waals surface area contributed by atoms with Gasteiger partial charge < -0.3 is 19.8 Å². The van der Waals surface area contributed by atoms with E-state index in [2.05, 4.69) is 34.2 Å². The number of likely N-dealkylation sites (tertiary alicyclic amines) is 2. The topological polar surface area (TPSA) is 49.3 Å². The van der Waals surface area contributed by atoms with Crippen molar-refractivity contribution in [3.63, 3.8) is 0 Å². The van der Waals surface area contributed by atoms with E-state index in [1.165, 1.54) is 32.6 Å². The largest absolute Gasteiger partial charge is 0.470 e. The molecule has 3 saturated heterocycles. The van der Waals surface area contributed by atoms with E-state index >= 15 is 0 Å². The van der Waals surface area contributed by atoms with E-state index < -0.39 is 0 Å². The summed E-state index contributed by atoms with van der Waals surface area (Å²) < 4.78 is 6.31. The maximum Gasteiger partial charge on any atom is 0.232 e. The minimum Gasteiger partial charge on any atom is -0.470 e. The van der Waals surface area contributed by atoms with Crippen molar-refractivity contribution < 1.29 is 9.57 Å². The molecular formula is C18H32N4O2. The molecule has 3 atom stereocenters. The third kappa shape index (κ3) is 3.41. The summed E-state index contributed by atoms with van der Waals surface area (Å²) in [6, 6.07) is 0. The van der Waals surface area contributed by atoms with Crippen molar-refractivity contribution in [2.24, 2.45) is 22.4 Å². The highest BCUT2D eigenvalue weighted by Crippen LogP contribution is 2.34. The van der Waals surface area contributed by atoms with Gasteiger partial charge >= 0.3 is 0 Å². The fraction of sp³-hybridized carbons (Fsp3) is 0.944. The molecule has 6 nitrogen and oxygen atoms in total. The van der Waals surface area contributed by atoms with Crippen molar-refractivity contribution in [2.75, 3.05) is 59.5 Å². The first-order chi connectivity index (χ1) is 11.6. The minimum absolute atomic E-state index is 0.0334. The van der Waals surface area contributed by atoms with Gasteiger partial charge in [0.1, 0.15) is 6.10 Å². The van der Waals surface area contributed by atoms with Crippen LogP contribution in [0.4, 0.5) is 0 Å². The maximum atomic E-state index is 6.31. The molecule has 1 N–H and O–H groups in total. The van der Waals surface area contributed by atoms with Crippen LogP contribution in [0, 0.1) is 17.3 Å². The summed E-state index contributed by atoms with van der Waals surface area (Å²) in [5, 5.41) is 7.69. The maximum absolute atomic E-state index is 6.31. The molecule has 24 heavy (non-hydrogen) atoms. The molecule has 4 aliphatic heterocycles. The van der Waals surface area contributed by atoms with Gasteiger partial charge in [0.25, 0.3) is 0 Å². The Morgan fingerprint density at radius 3 is 2.83 bits per heavy atom. The summed E-state index contributed by atoms with van der Waals surface area (Å²) in [5.41, 5.74) is 0.0334. The van der Waals surface area contributed by atoms with Gasteiger partial charge in [0, 0.05) is 31.6 Å². The fourth-order valence-electron chi connectivity index (χ4n) is 4.81. The van der Waals surface area contributed by atoms with Crippen LogP contribution in [0.2, 0.25) is 0 Å². The zero-order valence-electron chi connectivity index (χ0n) is 15.2. The Kier molecular flexibility index (Phi) is 4.71. The quantitative estimate of drug-likeness (QED) is 0.833. The van der Waals surface area contributed by atoms with Gasteiger partial charge in [0.15, 0.2) is 6.61 Å². The summed E-state index contributed by atoms with van der Waals surface area (Å²) in [5.74, 6) is 2.54. The molecule has 4 rings (SSSR count). The van der Waals surface area contributed by atoms with Crippen LogP contribution in [0.15, 0.2) is 5.16 Å². The molecule has 4 heterocycles. The van der Waals surface area contributed by atoms with Crippen molar-refractivity contribution in [1.29, 1.82) is 0 Å². The van der Waals surface area contributed by atoms with E-state index in [9.17, 15) is 0 Å². The average molecular weight is 336 g/mol. The number of nitrogens with one attached hydrogen (secondary N) is 1. The van der Waals surface area contributed by atoms with Gasteiger partial charge in [-0.25, -0.2) is 0 Å². The van der Waals surface area contributed by atoms with Gasteiger partial charge in [0.05, 0.1) is 0 Å². The SMILES string of the molecule is CN1CCC2CN(CC3CON=C(C4(C)CCNCC4)O3)CC2C1. The number of oxime groups is 1. The third-order valence-electron chi connectivity index (χ3n) is 6.45. The van der Waals surface area contributed by atoms with Gasteiger partial charge in [-0.15, -0.1) is 0 Å². The molecule has 0 saturated carbocycles.